The van der Waals surface area contributed by atoms with Gasteiger partial charge in [0.2, 0.25) is 0 Å². The third kappa shape index (κ3) is 47.7. The molecule has 0 bridgehead atoms. The van der Waals surface area contributed by atoms with Gasteiger partial charge in [-0.3, -0.25) is 14.4 Å². The zero-order chi connectivity index (χ0) is 44.4. The molecule has 0 N–H and O–H groups in total. The molecule has 0 aromatic heterocycles. The van der Waals surface area contributed by atoms with E-state index in [0.29, 0.717) is 19.3 Å². The Bertz CT molecular complexity index is 1160. The van der Waals surface area contributed by atoms with Crippen molar-refractivity contribution in [2.45, 2.75) is 245 Å². The minimum atomic E-state index is -0.784. The highest BCUT2D eigenvalue weighted by Gasteiger charge is 2.19. The normalized spacial score (nSPS) is 12.6. The number of hydrogen-bond donors (Lipinski definition) is 0. The molecule has 0 aromatic carbocycles. The van der Waals surface area contributed by atoms with Gasteiger partial charge in [0.15, 0.2) is 6.10 Å². The number of esters is 3. The number of hydrogen-bond acceptors (Lipinski definition) is 6. The second kappa shape index (κ2) is 49.5. The number of ether oxygens (including phenoxy) is 3. The zero-order valence-electron chi connectivity index (χ0n) is 39.9. The second-order valence-electron chi connectivity index (χ2n) is 16.7. The van der Waals surface area contributed by atoms with E-state index in [-0.39, 0.29) is 31.1 Å². The maximum atomic E-state index is 12.7. The molecule has 1 unspecified atom stereocenters. The van der Waals surface area contributed by atoms with Crippen molar-refractivity contribution in [3.63, 3.8) is 0 Å². The van der Waals surface area contributed by atoms with Crippen LogP contribution < -0.4 is 0 Å². The number of rotatable bonds is 45. The summed E-state index contributed by atoms with van der Waals surface area (Å²) in [5.74, 6) is -0.919. The summed E-state index contributed by atoms with van der Waals surface area (Å²) in [6.45, 7) is 6.45. The van der Waals surface area contributed by atoms with Crippen LogP contribution in [0, 0.1) is 0 Å². The van der Waals surface area contributed by atoms with Gasteiger partial charge in [-0.2, -0.15) is 0 Å². The lowest BCUT2D eigenvalue weighted by Gasteiger charge is -2.18. The van der Waals surface area contributed by atoms with E-state index in [9.17, 15) is 14.4 Å². The molecule has 0 aliphatic rings. The van der Waals surface area contributed by atoms with Gasteiger partial charge in [0.25, 0.3) is 0 Å². The predicted octanol–water partition coefficient (Wildman–Crippen LogP) is 16.6. The summed E-state index contributed by atoms with van der Waals surface area (Å²) in [4.78, 5) is 37.8. The average molecular weight is 851 g/mol. The van der Waals surface area contributed by atoms with E-state index >= 15 is 0 Å². The smallest absolute Gasteiger partial charge is 0.306 e. The number of carbonyl (C=O) groups is 3. The molecular weight excluding hydrogens is 757 g/mol. The summed E-state index contributed by atoms with van der Waals surface area (Å²) >= 11 is 0. The molecule has 6 heteroatoms. The molecular formula is C55H94O6. The lowest BCUT2D eigenvalue weighted by atomic mass is 10.1. The highest BCUT2D eigenvalue weighted by Crippen LogP contribution is 2.14. The van der Waals surface area contributed by atoms with Gasteiger partial charge in [0.05, 0.1) is 0 Å². The van der Waals surface area contributed by atoms with Crippen molar-refractivity contribution in [1.82, 2.24) is 0 Å². The van der Waals surface area contributed by atoms with Crippen LogP contribution in [0.1, 0.15) is 239 Å². The van der Waals surface area contributed by atoms with Gasteiger partial charge in [-0.25, -0.2) is 0 Å². The molecule has 0 radical (unpaired) electrons. The van der Waals surface area contributed by atoms with Crippen LogP contribution in [0.25, 0.3) is 0 Å². The van der Waals surface area contributed by atoms with Crippen LogP contribution in [-0.4, -0.2) is 37.2 Å². The van der Waals surface area contributed by atoms with E-state index in [1.807, 2.05) is 0 Å². The lowest BCUT2D eigenvalue weighted by molar-refractivity contribution is -0.167. The minimum absolute atomic E-state index is 0.0847. The standard InChI is InChI=1S/C55H94O6/c1-4-7-10-13-16-18-20-22-24-25-26-27-28-29-31-32-34-36-39-42-45-48-54(57)60-51-52(50-59-53(56)47-44-41-38-15-12-9-6-3)61-55(58)49-46-43-40-37-35-33-30-23-21-19-17-14-11-8-5-2/h7,10,16,18,22-24,26-27,29-31,52H,4-6,8-9,11-15,17,19-21,25,28,32-51H2,1-3H3/b10-7-,18-16-,24-22-,27-26-,30-23-,31-29-. The summed E-state index contributed by atoms with van der Waals surface area (Å²) in [6, 6.07) is 0. The SMILES string of the molecule is CC/C=C\C/C=C\C/C=C\C/C=C\C/C=C\CCCCCCCC(=O)OCC(COC(=O)CCCCCCCCC)OC(=O)CCCCCCC/C=C\CCCCCCCC. The van der Waals surface area contributed by atoms with Crippen molar-refractivity contribution in [3.05, 3.63) is 72.9 Å². The Balaban J connectivity index is 4.30. The first-order chi connectivity index (χ1) is 30.0. The minimum Gasteiger partial charge on any atom is -0.462 e. The Morgan fingerprint density at radius 2 is 0.639 bits per heavy atom. The van der Waals surface area contributed by atoms with Gasteiger partial charge in [0, 0.05) is 19.3 Å². The van der Waals surface area contributed by atoms with Crippen molar-refractivity contribution >= 4 is 17.9 Å². The average Bonchev–Trinajstić information content (AvgIpc) is 3.26. The summed E-state index contributed by atoms with van der Waals surface area (Å²) in [5.41, 5.74) is 0. The van der Waals surface area contributed by atoms with E-state index in [4.69, 9.17) is 14.2 Å². The van der Waals surface area contributed by atoms with Crippen molar-refractivity contribution in [2.24, 2.45) is 0 Å². The fraction of sp³-hybridized carbons (Fsp3) is 0.727. The van der Waals surface area contributed by atoms with Gasteiger partial charge >= 0.3 is 17.9 Å². The molecule has 0 saturated carbocycles. The Morgan fingerprint density at radius 3 is 1.02 bits per heavy atom. The highest BCUT2D eigenvalue weighted by molar-refractivity contribution is 5.71. The molecule has 0 aliphatic heterocycles. The highest BCUT2D eigenvalue weighted by atomic mass is 16.6. The Morgan fingerprint density at radius 1 is 0.344 bits per heavy atom. The van der Waals surface area contributed by atoms with Crippen molar-refractivity contribution in [2.75, 3.05) is 13.2 Å². The van der Waals surface area contributed by atoms with Gasteiger partial charge in [-0.15, -0.1) is 0 Å². The summed E-state index contributed by atoms with van der Waals surface area (Å²) < 4.78 is 16.7. The van der Waals surface area contributed by atoms with Crippen LogP contribution in [0.3, 0.4) is 0 Å². The number of carbonyl (C=O) groups excluding carboxylic acids is 3. The molecule has 0 aromatic rings. The Kier molecular flexibility index (Phi) is 46.9. The lowest BCUT2D eigenvalue weighted by Crippen LogP contribution is -2.30. The van der Waals surface area contributed by atoms with Crippen LogP contribution in [0.4, 0.5) is 0 Å². The molecule has 0 spiro atoms. The first kappa shape index (κ1) is 57.9. The van der Waals surface area contributed by atoms with Crippen LogP contribution in [-0.2, 0) is 28.6 Å². The van der Waals surface area contributed by atoms with Gasteiger partial charge in [-0.1, -0.05) is 203 Å². The van der Waals surface area contributed by atoms with E-state index in [1.165, 1.54) is 77.0 Å². The molecule has 0 saturated heterocycles. The predicted molar refractivity (Wildman–Crippen MR) is 261 cm³/mol. The van der Waals surface area contributed by atoms with Crippen molar-refractivity contribution < 1.29 is 28.6 Å². The van der Waals surface area contributed by atoms with Crippen molar-refractivity contribution in [1.29, 1.82) is 0 Å². The molecule has 0 fully saturated rings. The van der Waals surface area contributed by atoms with E-state index in [0.717, 1.165) is 122 Å². The third-order valence-electron chi connectivity index (χ3n) is 10.7. The summed E-state index contributed by atoms with van der Waals surface area (Å²) in [5, 5.41) is 0. The summed E-state index contributed by atoms with van der Waals surface area (Å²) in [7, 11) is 0. The van der Waals surface area contributed by atoms with Gasteiger partial charge in [0.1, 0.15) is 13.2 Å². The molecule has 1 atom stereocenters. The number of unbranched alkanes of at least 4 members (excludes halogenated alkanes) is 22. The maximum Gasteiger partial charge on any atom is 0.306 e. The quantitative estimate of drug-likeness (QED) is 0.0263. The van der Waals surface area contributed by atoms with Crippen LogP contribution >= 0.6 is 0 Å². The largest absolute Gasteiger partial charge is 0.462 e. The zero-order valence-corrected chi connectivity index (χ0v) is 39.9. The van der Waals surface area contributed by atoms with E-state index in [1.54, 1.807) is 0 Å². The van der Waals surface area contributed by atoms with Gasteiger partial charge in [-0.05, 0) is 89.9 Å². The number of allylic oxidation sites excluding steroid dienone is 12. The first-order valence-electron chi connectivity index (χ1n) is 25.4. The van der Waals surface area contributed by atoms with E-state index < -0.39 is 6.10 Å². The van der Waals surface area contributed by atoms with E-state index in [2.05, 4.69) is 93.7 Å². The fourth-order valence-corrected chi connectivity index (χ4v) is 6.87. The fourth-order valence-electron chi connectivity index (χ4n) is 6.87. The summed E-state index contributed by atoms with van der Waals surface area (Å²) in [6.07, 6.45) is 61.8. The molecule has 0 heterocycles. The first-order valence-corrected chi connectivity index (χ1v) is 25.4. The molecule has 0 amide bonds. The second-order valence-corrected chi connectivity index (χ2v) is 16.7. The van der Waals surface area contributed by atoms with Gasteiger partial charge < -0.3 is 14.2 Å². The molecule has 350 valence electrons. The Hall–Kier alpha value is -3.15. The van der Waals surface area contributed by atoms with Crippen LogP contribution in [0.2, 0.25) is 0 Å². The topological polar surface area (TPSA) is 78.9 Å². The molecule has 61 heavy (non-hydrogen) atoms. The Labute approximate surface area is 376 Å². The molecule has 0 aliphatic carbocycles. The molecule has 0 rings (SSSR count). The molecule has 6 nitrogen and oxygen atoms in total. The van der Waals surface area contributed by atoms with Crippen molar-refractivity contribution in [3.8, 4) is 0 Å². The maximum absolute atomic E-state index is 12.7. The third-order valence-corrected chi connectivity index (χ3v) is 10.7. The van der Waals surface area contributed by atoms with Crippen LogP contribution in [0.5, 0.6) is 0 Å². The monoisotopic (exact) mass is 851 g/mol. The van der Waals surface area contributed by atoms with Crippen LogP contribution in [0.15, 0.2) is 72.9 Å².